The summed E-state index contributed by atoms with van der Waals surface area (Å²) in [6.45, 7) is 0. The van der Waals surface area contributed by atoms with E-state index >= 15 is 0 Å². The van der Waals surface area contributed by atoms with Gasteiger partial charge in [0.05, 0.1) is 0 Å². The molecular weight excluding hydrogens is 665 g/mol. The van der Waals surface area contributed by atoms with Crippen molar-refractivity contribution in [3.63, 3.8) is 0 Å². The normalized spacial score (nSPS) is 12.0. The Bertz CT molecular complexity index is 3490. The van der Waals surface area contributed by atoms with Crippen LogP contribution in [0.5, 0.6) is 0 Å². The standard InChI is InChI=1S/C54H32O/c1-2-13-35-29-38(24-21-33(35)11-1)52-44-17-7-9-19-46(44)53(47-20-10-8-18-45(47)52)48-28-27-40(42-15-5-6-16-43(42)48)37-23-22-36-31-50-49-26-25-34-12-3-4-14-41(34)54(49)55-51(50)32-39(36)30-37/h1-32H. The summed E-state index contributed by atoms with van der Waals surface area (Å²) in [6, 6.07) is 71.2. The summed E-state index contributed by atoms with van der Waals surface area (Å²) in [5.41, 5.74) is 9.33. The molecule has 0 aliphatic carbocycles. The zero-order valence-electron chi connectivity index (χ0n) is 29.9. The fourth-order valence-corrected chi connectivity index (χ4v) is 9.26. The minimum absolute atomic E-state index is 0.919. The molecule has 1 aromatic heterocycles. The Morgan fingerprint density at radius 2 is 0.764 bits per heavy atom. The average Bonchev–Trinajstić information content (AvgIpc) is 3.62. The molecule has 0 saturated heterocycles. The SMILES string of the molecule is c1ccc2cc(-c3c4ccccc4c(-c4ccc(-c5ccc6cc7c(cc6c5)oc5c6ccccc6ccc75)c5ccccc45)c4ccccc34)ccc2c1. The Hall–Kier alpha value is -7.22. The van der Waals surface area contributed by atoms with E-state index in [1.54, 1.807) is 0 Å². The number of hydrogen-bond acceptors (Lipinski definition) is 1. The van der Waals surface area contributed by atoms with Crippen LogP contribution in [-0.4, -0.2) is 0 Å². The van der Waals surface area contributed by atoms with Gasteiger partial charge in [0.2, 0.25) is 0 Å². The molecule has 0 unspecified atom stereocenters. The van der Waals surface area contributed by atoms with Gasteiger partial charge in [-0.2, -0.15) is 0 Å². The van der Waals surface area contributed by atoms with Crippen molar-refractivity contribution in [2.24, 2.45) is 0 Å². The van der Waals surface area contributed by atoms with Gasteiger partial charge in [0.1, 0.15) is 11.2 Å². The molecule has 1 heterocycles. The van der Waals surface area contributed by atoms with Gasteiger partial charge >= 0.3 is 0 Å². The third-order valence-corrected chi connectivity index (χ3v) is 11.8. The molecule has 0 N–H and O–H groups in total. The fraction of sp³-hybridized carbons (Fsp3) is 0. The van der Waals surface area contributed by atoms with Crippen LogP contribution in [0.25, 0.3) is 120 Å². The lowest BCUT2D eigenvalue weighted by atomic mass is 9.83. The van der Waals surface area contributed by atoms with Crippen LogP contribution in [0, 0.1) is 0 Å². The molecule has 0 radical (unpaired) electrons. The van der Waals surface area contributed by atoms with E-state index in [2.05, 4.69) is 194 Å². The molecule has 11 aromatic carbocycles. The van der Waals surface area contributed by atoms with Crippen LogP contribution in [0.15, 0.2) is 199 Å². The molecule has 0 aliphatic rings. The van der Waals surface area contributed by atoms with E-state index in [1.807, 2.05) is 0 Å². The topological polar surface area (TPSA) is 13.1 Å². The smallest absolute Gasteiger partial charge is 0.143 e. The molecule has 1 nitrogen and oxygen atoms in total. The van der Waals surface area contributed by atoms with E-state index < -0.39 is 0 Å². The first-order chi connectivity index (χ1) is 27.3. The highest BCUT2D eigenvalue weighted by Gasteiger charge is 2.19. The van der Waals surface area contributed by atoms with Crippen LogP contribution in [0.1, 0.15) is 0 Å². The Labute approximate surface area is 317 Å². The number of fused-ring (bicyclic) bond motifs is 10. The Morgan fingerprint density at radius 1 is 0.255 bits per heavy atom. The quantitative estimate of drug-likeness (QED) is 0.168. The molecule has 0 bridgehead atoms. The first-order valence-corrected chi connectivity index (χ1v) is 19.0. The van der Waals surface area contributed by atoms with Gasteiger partial charge in [-0.15, -0.1) is 0 Å². The second kappa shape index (κ2) is 11.6. The molecule has 0 saturated carbocycles. The highest BCUT2D eigenvalue weighted by Crippen LogP contribution is 2.47. The first kappa shape index (κ1) is 30.3. The molecule has 0 spiro atoms. The van der Waals surface area contributed by atoms with Crippen LogP contribution in [-0.2, 0) is 0 Å². The Balaban J connectivity index is 1.06. The summed E-state index contributed by atoms with van der Waals surface area (Å²) in [5.74, 6) is 0. The van der Waals surface area contributed by atoms with Crippen molar-refractivity contribution in [1.29, 1.82) is 0 Å². The van der Waals surface area contributed by atoms with Gasteiger partial charge < -0.3 is 4.42 Å². The number of furan rings is 1. The van der Waals surface area contributed by atoms with Gasteiger partial charge in [-0.3, -0.25) is 0 Å². The highest BCUT2D eigenvalue weighted by atomic mass is 16.3. The van der Waals surface area contributed by atoms with Crippen molar-refractivity contribution in [3.05, 3.63) is 194 Å². The number of benzene rings is 11. The van der Waals surface area contributed by atoms with E-state index in [0.717, 1.165) is 27.3 Å². The molecule has 1 heteroatoms. The van der Waals surface area contributed by atoms with Crippen LogP contribution in [0.2, 0.25) is 0 Å². The van der Waals surface area contributed by atoms with Gasteiger partial charge in [0.25, 0.3) is 0 Å². The van der Waals surface area contributed by atoms with Gasteiger partial charge in [0.15, 0.2) is 0 Å². The molecule has 0 aliphatic heterocycles. The zero-order chi connectivity index (χ0) is 36.0. The third-order valence-electron chi connectivity index (χ3n) is 11.8. The van der Waals surface area contributed by atoms with E-state index in [9.17, 15) is 0 Å². The van der Waals surface area contributed by atoms with E-state index in [1.165, 1.54) is 92.6 Å². The molecule has 0 amide bonds. The molecule has 12 aromatic rings. The van der Waals surface area contributed by atoms with Crippen molar-refractivity contribution in [2.75, 3.05) is 0 Å². The zero-order valence-corrected chi connectivity index (χ0v) is 29.9. The second-order valence-corrected chi connectivity index (χ2v) is 14.8. The highest BCUT2D eigenvalue weighted by molar-refractivity contribution is 6.24. The van der Waals surface area contributed by atoms with Crippen LogP contribution in [0.4, 0.5) is 0 Å². The number of rotatable bonds is 3. The van der Waals surface area contributed by atoms with Gasteiger partial charge in [-0.05, 0) is 123 Å². The molecule has 55 heavy (non-hydrogen) atoms. The molecular formula is C54H32O. The maximum atomic E-state index is 6.58. The van der Waals surface area contributed by atoms with Crippen molar-refractivity contribution in [2.45, 2.75) is 0 Å². The summed E-state index contributed by atoms with van der Waals surface area (Å²) >= 11 is 0. The second-order valence-electron chi connectivity index (χ2n) is 14.8. The monoisotopic (exact) mass is 696 g/mol. The summed E-state index contributed by atoms with van der Waals surface area (Å²) in [6.07, 6.45) is 0. The molecule has 0 atom stereocenters. The lowest BCUT2D eigenvalue weighted by Crippen LogP contribution is -1.92. The summed E-state index contributed by atoms with van der Waals surface area (Å²) in [5, 5.41) is 17.1. The third kappa shape index (κ3) is 4.54. The Kier molecular flexibility index (Phi) is 6.40. The van der Waals surface area contributed by atoms with Gasteiger partial charge in [0, 0.05) is 16.2 Å². The summed E-state index contributed by atoms with van der Waals surface area (Å²) < 4.78 is 6.58. The average molecular weight is 697 g/mol. The predicted molar refractivity (Wildman–Crippen MR) is 235 cm³/mol. The molecule has 254 valence electrons. The lowest BCUT2D eigenvalue weighted by molar-refractivity contribution is 0.673. The van der Waals surface area contributed by atoms with Gasteiger partial charge in [-0.1, -0.05) is 164 Å². The van der Waals surface area contributed by atoms with Crippen molar-refractivity contribution in [3.8, 4) is 33.4 Å². The lowest BCUT2D eigenvalue weighted by Gasteiger charge is -2.20. The van der Waals surface area contributed by atoms with Gasteiger partial charge in [-0.25, -0.2) is 0 Å². The van der Waals surface area contributed by atoms with Crippen LogP contribution in [0.3, 0.4) is 0 Å². The van der Waals surface area contributed by atoms with Crippen molar-refractivity contribution < 1.29 is 4.42 Å². The van der Waals surface area contributed by atoms with Crippen molar-refractivity contribution >= 4 is 86.6 Å². The first-order valence-electron chi connectivity index (χ1n) is 19.0. The maximum Gasteiger partial charge on any atom is 0.143 e. The van der Waals surface area contributed by atoms with E-state index in [4.69, 9.17) is 4.42 Å². The molecule has 12 rings (SSSR count). The van der Waals surface area contributed by atoms with Crippen LogP contribution >= 0.6 is 0 Å². The summed E-state index contributed by atoms with van der Waals surface area (Å²) in [7, 11) is 0. The molecule has 0 fully saturated rings. The Morgan fingerprint density at radius 3 is 1.51 bits per heavy atom. The predicted octanol–water partition coefficient (Wildman–Crippen LogP) is 15.5. The fourth-order valence-electron chi connectivity index (χ4n) is 9.26. The van der Waals surface area contributed by atoms with Crippen LogP contribution < -0.4 is 0 Å². The number of hydrogen-bond donors (Lipinski definition) is 0. The van der Waals surface area contributed by atoms with E-state index in [0.29, 0.717) is 0 Å². The van der Waals surface area contributed by atoms with Crippen molar-refractivity contribution in [1.82, 2.24) is 0 Å². The minimum atomic E-state index is 0.919. The van der Waals surface area contributed by atoms with E-state index in [-0.39, 0.29) is 0 Å². The summed E-state index contributed by atoms with van der Waals surface area (Å²) in [4.78, 5) is 0. The minimum Gasteiger partial charge on any atom is -0.455 e. The largest absolute Gasteiger partial charge is 0.455 e. The maximum absolute atomic E-state index is 6.58.